The monoisotopic (exact) mass is 349 g/mol. The first-order valence-corrected chi connectivity index (χ1v) is 8.69. The van der Waals surface area contributed by atoms with Crippen molar-refractivity contribution in [3.63, 3.8) is 0 Å². The summed E-state index contributed by atoms with van der Waals surface area (Å²) in [6, 6.07) is 12.3. The zero-order valence-corrected chi connectivity index (χ0v) is 15.8. The molecule has 134 valence electrons. The number of furan rings is 1. The van der Waals surface area contributed by atoms with Gasteiger partial charge in [-0.1, -0.05) is 39.0 Å². The van der Waals surface area contributed by atoms with Crippen LogP contribution >= 0.6 is 0 Å². The number of aromatic amines is 1. The Kier molecular flexibility index (Phi) is 3.72. The minimum Gasteiger partial charge on any atom is -0.496 e. The average Bonchev–Trinajstić information content (AvgIpc) is 3.23. The molecular weight excluding hydrogens is 326 g/mol. The fraction of sp³-hybridized carbons (Fsp3) is 0.273. The Morgan fingerprint density at radius 2 is 1.69 bits per heavy atom. The van der Waals surface area contributed by atoms with E-state index in [9.17, 15) is 0 Å². The lowest BCUT2D eigenvalue weighted by molar-refractivity contribution is 0.398. The molecule has 4 rings (SSSR count). The molecule has 1 N–H and O–H groups in total. The van der Waals surface area contributed by atoms with Gasteiger partial charge in [0, 0.05) is 22.5 Å². The summed E-state index contributed by atoms with van der Waals surface area (Å²) in [5.41, 5.74) is 4.78. The molecule has 0 radical (unpaired) electrons. The van der Waals surface area contributed by atoms with Crippen molar-refractivity contribution >= 4 is 21.9 Å². The number of rotatable bonds is 3. The Balaban J connectivity index is 2.09. The standard InChI is InChI=1S/C22H23NO3/c1-22(2,3)14-12-26-21-19(14)17(24-4)11-18(25-5)20(21)16-10-13-8-6-7-9-15(13)23-16/h6-12,23H,1-5H3. The molecule has 0 amide bonds. The normalized spacial score (nSPS) is 12.0. The van der Waals surface area contributed by atoms with E-state index in [0.717, 1.165) is 50.2 Å². The number of hydrogen-bond acceptors (Lipinski definition) is 3. The Morgan fingerprint density at radius 1 is 0.962 bits per heavy atom. The molecule has 0 fully saturated rings. The molecule has 0 spiro atoms. The van der Waals surface area contributed by atoms with E-state index in [1.807, 2.05) is 24.5 Å². The highest BCUT2D eigenvalue weighted by Crippen LogP contribution is 2.46. The van der Waals surface area contributed by atoms with Gasteiger partial charge in [-0.2, -0.15) is 0 Å². The predicted octanol–water partition coefficient (Wildman–Crippen LogP) is 5.90. The molecule has 0 saturated heterocycles. The molecule has 0 saturated carbocycles. The molecule has 2 heterocycles. The number of ether oxygens (including phenoxy) is 2. The van der Waals surface area contributed by atoms with Crippen molar-refractivity contribution in [2.45, 2.75) is 26.2 Å². The van der Waals surface area contributed by atoms with Crippen molar-refractivity contribution in [1.29, 1.82) is 0 Å². The highest BCUT2D eigenvalue weighted by Gasteiger charge is 2.27. The third-order valence-corrected chi connectivity index (χ3v) is 4.82. The summed E-state index contributed by atoms with van der Waals surface area (Å²) in [4.78, 5) is 3.48. The molecule has 0 aliphatic carbocycles. The topological polar surface area (TPSA) is 47.4 Å². The van der Waals surface area contributed by atoms with Crippen LogP contribution in [0.4, 0.5) is 0 Å². The summed E-state index contributed by atoms with van der Waals surface area (Å²) >= 11 is 0. The second kappa shape index (κ2) is 5.84. The summed E-state index contributed by atoms with van der Waals surface area (Å²) in [5.74, 6) is 1.48. The number of aromatic nitrogens is 1. The Hall–Kier alpha value is -2.88. The second-order valence-electron chi connectivity index (χ2n) is 7.53. The predicted molar refractivity (Wildman–Crippen MR) is 105 cm³/mol. The maximum atomic E-state index is 6.06. The van der Waals surface area contributed by atoms with Crippen LogP contribution in [0, 0.1) is 0 Å². The lowest BCUT2D eigenvalue weighted by Crippen LogP contribution is -2.10. The molecule has 26 heavy (non-hydrogen) atoms. The first kappa shape index (κ1) is 16.6. The molecule has 0 aliphatic heterocycles. The summed E-state index contributed by atoms with van der Waals surface area (Å²) in [5, 5.41) is 2.14. The van der Waals surface area contributed by atoms with Gasteiger partial charge in [-0.05, 0) is 17.5 Å². The molecule has 0 bridgehead atoms. The number of methoxy groups -OCH3 is 2. The lowest BCUT2D eigenvalue weighted by Gasteiger charge is -2.18. The van der Waals surface area contributed by atoms with Crippen LogP contribution in [-0.4, -0.2) is 19.2 Å². The van der Waals surface area contributed by atoms with E-state index < -0.39 is 0 Å². The molecule has 0 unspecified atom stereocenters. The largest absolute Gasteiger partial charge is 0.496 e. The third-order valence-electron chi connectivity index (χ3n) is 4.82. The van der Waals surface area contributed by atoms with Crippen molar-refractivity contribution in [3.8, 4) is 22.8 Å². The van der Waals surface area contributed by atoms with Crippen LogP contribution in [-0.2, 0) is 5.41 Å². The minimum atomic E-state index is -0.0646. The molecule has 4 nitrogen and oxygen atoms in total. The van der Waals surface area contributed by atoms with Crippen LogP contribution in [0.25, 0.3) is 33.1 Å². The van der Waals surface area contributed by atoms with E-state index in [4.69, 9.17) is 13.9 Å². The van der Waals surface area contributed by atoms with E-state index in [1.54, 1.807) is 14.2 Å². The van der Waals surface area contributed by atoms with Crippen LogP contribution < -0.4 is 9.47 Å². The highest BCUT2D eigenvalue weighted by atomic mass is 16.5. The molecular formula is C22H23NO3. The number of nitrogens with one attached hydrogen (secondary N) is 1. The summed E-state index contributed by atoms with van der Waals surface area (Å²) in [7, 11) is 3.34. The number of benzene rings is 2. The fourth-order valence-electron chi connectivity index (χ4n) is 3.50. The van der Waals surface area contributed by atoms with E-state index in [1.165, 1.54) is 0 Å². The van der Waals surface area contributed by atoms with Crippen molar-refractivity contribution in [3.05, 3.63) is 48.2 Å². The van der Waals surface area contributed by atoms with Gasteiger partial charge in [0.1, 0.15) is 11.5 Å². The molecule has 4 heteroatoms. The summed E-state index contributed by atoms with van der Waals surface area (Å²) in [6.07, 6.45) is 1.83. The van der Waals surface area contributed by atoms with E-state index in [-0.39, 0.29) is 5.41 Å². The SMILES string of the molecule is COc1cc(OC)c2c(C(C)(C)C)coc2c1-c1cc2ccccc2[nH]1. The minimum absolute atomic E-state index is 0.0646. The lowest BCUT2D eigenvalue weighted by atomic mass is 9.86. The Bertz CT molecular complexity index is 1060. The molecule has 0 aliphatic rings. The second-order valence-corrected chi connectivity index (χ2v) is 7.53. The van der Waals surface area contributed by atoms with Crippen molar-refractivity contribution < 1.29 is 13.9 Å². The molecule has 2 aromatic carbocycles. The van der Waals surface area contributed by atoms with Crippen molar-refractivity contribution in [2.24, 2.45) is 0 Å². The van der Waals surface area contributed by atoms with Gasteiger partial charge in [0.2, 0.25) is 0 Å². The Labute approximate surface area is 152 Å². The smallest absolute Gasteiger partial charge is 0.150 e. The molecule has 4 aromatic rings. The van der Waals surface area contributed by atoms with Gasteiger partial charge in [0.05, 0.1) is 37.1 Å². The number of para-hydroxylation sites is 1. The number of hydrogen-bond donors (Lipinski definition) is 1. The highest BCUT2D eigenvalue weighted by molar-refractivity contribution is 6.03. The fourth-order valence-corrected chi connectivity index (χ4v) is 3.50. The maximum absolute atomic E-state index is 6.06. The van der Waals surface area contributed by atoms with E-state index >= 15 is 0 Å². The van der Waals surface area contributed by atoms with Gasteiger partial charge >= 0.3 is 0 Å². The third kappa shape index (κ3) is 2.45. The van der Waals surface area contributed by atoms with Crippen molar-refractivity contribution in [1.82, 2.24) is 4.98 Å². The van der Waals surface area contributed by atoms with Crippen LogP contribution in [0.2, 0.25) is 0 Å². The Morgan fingerprint density at radius 3 is 2.35 bits per heavy atom. The van der Waals surface area contributed by atoms with E-state index in [0.29, 0.717) is 0 Å². The first-order chi connectivity index (χ1) is 12.4. The first-order valence-electron chi connectivity index (χ1n) is 8.69. The zero-order valence-electron chi connectivity index (χ0n) is 15.8. The summed E-state index contributed by atoms with van der Waals surface area (Å²) in [6.45, 7) is 6.51. The molecule has 2 aromatic heterocycles. The van der Waals surface area contributed by atoms with Gasteiger partial charge in [-0.15, -0.1) is 0 Å². The maximum Gasteiger partial charge on any atom is 0.150 e. The summed E-state index contributed by atoms with van der Waals surface area (Å²) < 4.78 is 17.4. The van der Waals surface area contributed by atoms with Gasteiger partial charge in [0.25, 0.3) is 0 Å². The van der Waals surface area contributed by atoms with Crippen molar-refractivity contribution in [2.75, 3.05) is 14.2 Å². The van der Waals surface area contributed by atoms with Crippen LogP contribution in [0.1, 0.15) is 26.3 Å². The van der Waals surface area contributed by atoms with Crippen LogP contribution in [0.15, 0.2) is 47.1 Å². The molecule has 0 atom stereocenters. The average molecular weight is 349 g/mol. The van der Waals surface area contributed by atoms with E-state index in [2.05, 4.69) is 44.0 Å². The van der Waals surface area contributed by atoms with Gasteiger partial charge in [-0.25, -0.2) is 0 Å². The van der Waals surface area contributed by atoms with Gasteiger partial charge < -0.3 is 18.9 Å². The quantitative estimate of drug-likeness (QED) is 0.501. The zero-order chi connectivity index (χ0) is 18.5. The van der Waals surface area contributed by atoms with Crippen LogP contribution in [0.5, 0.6) is 11.5 Å². The number of H-pyrrole nitrogens is 1. The van der Waals surface area contributed by atoms with Gasteiger partial charge in [-0.3, -0.25) is 0 Å². The van der Waals surface area contributed by atoms with Crippen LogP contribution in [0.3, 0.4) is 0 Å². The number of fused-ring (bicyclic) bond motifs is 2. The van der Waals surface area contributed by atoms with Gasteiger partial charge in [0.15, 0.2) is 5.58 Å².